The third kappa shape index (κ3) is 7.29. The first kappa shape index (κ1) is 15.7. The summed E-state index contributed by atoms with van der Waals surface area (Å²) in [4.78, 5) is 0. The minimum atomic E-state index is 0. The third-order valence-electron chi connectivity index (χ3n) is 1.63. The zero-order valence-corrected chi connectivity index (χ0v) is 11.0. The first-order chi connectivity index (χ1) is 5.29. The van der Waals surface area contributed by atoms with E-state index >= 15 is 0 Å². The summed E-state index contributed by atoms with van der Waals surface area (Å²) < 4.78 is 0. The molecule has 1 rings (SSSR count). The van der Waals surface area contributed by atoms with E-state index in [2.05, 4.69) is 31.7 Å². The Labute approximate surface area is 107 Å². The molecule has 0 unspecified atom stereocenters. The molecule has 0 fully saturated rings. The van der Waals surface area contributed by atoms with Crippen molar-refractivity contribution in [2.75, 3.05) is 0 Å². The van der Waals surface area contributed by atoms with Crippen molar-refractivity contribution in [2.45, 2.75) is 19.8 Å². The van der Waals surface area contributed by atoms with Gasteiger partial charge >= 0.3 is 23.1 Å². The van der Waals surface area contributed by atoms with Gasteiger partial charge in [-0.1, -0.05) is 5.57 Å². The van der Waals surface area contributed by atoms with E-state index in [1.54, 1.807) is 0 Å². The van der Waals surface area contributed by atoms with E-state index in [0.717, 1.165) is 12.8 Å². The Bertz CT molecular complexity index is 231. The largest absolute Gasteiger partial charge is 2.00 e. The number of halogens is 1. The maximum Gasteiger partial charge on any atom is 2.00 e. The molecule has 1 aromatic carbocycles. The van der Waals surface area contributed by atoms with E-state index in [4.69, 9.17) is 0 Å². The Morgan fingerprint density at radius 1 is 1.38 bits per heavy atom. The van der Waals surface area contributed by atoms with Gasteiger partial charge in [0, 0.05) is 0 Å². The molecule has 2 heteroatoms. The topological polar surface area (TPSA) is 0 Å². The molecule has 0 radical (unpaired) electrons. The second kappa shape index (κ2) is 8.79. The van der Waals surface area contributed by atoms with Gasteiger partial charge in [-0.15, -0.1) is 6.58 Å². The molecule has 0 atom stereocenters. The van der Waals surface area contributed by atoms with Gasteiger partial charge < -0.3 is 17.0 Å². The van der Waals surface area contributed by atoms with Crippen molar-refractivity contribution in [3.8, 4) is 0 Å². The predicted molar refractivity (Wildman–Crippen MR) is 54.2 cm³/mol. The SMILES string of the molecule is C=C(C)CCc1cc[c-]cc1.[Br-].[Mg+2]. The Balaban J connectivity index is 0. The fourth-order valence-corrected chi connectivity index (χ4v) is 0.946. The van der Waals surface area contributed by atoms with Gasteiger partial charge in [0.1, 0.15) is 0 Å². The Morgan fingerprint density at radius 3 is 2.38 bits per heavy atom. The van der Waals surface area contributed by atoms with Crippen LogP contribution in [0.4, 0.5) is 0 Å². The molecule has 0 amide bonds. The summed E-state index contributed by atoms with van der Waals surface area (Å²) in [5.74, 6) is 0. The number of hydrogen-bond donors (Lipinski definition) is 0. The van der Waals surface area contributed by atoms with Crippen LogP contribution in [0, 0.1) is 6.07 Å². The maximum absolute atomic E-state index is 3.86. The number of allylic oxidation sites excluding steroid dienone is 1. The van der Waals surface area contributed by atoms with Crippen LogP contribution >= 0.6 is 0 Å². The van der Waals surface area contributed by atoms with Crippen LogP contribution in [0.3, 0.4) is 0 Å². The van der Waals surface area contributed by atoms with Crippen LogP contribution in [0.1, 0.15) is 18.9 Å². The van der Waals surface area contributed by atoms with Crippen LogP contribution in [0.25, 0.3) is 0 Å². The second-order valence-corrected chi connectivity index (χ2v) is 2.87. The molecular formula is C11H13BrMg. The van der Waals surface area contributed by atoms with Crippen LogP contribution < -0.4 is 17.0 Å². The zero-order valence-electron chi connectivity index (χ0n) is 8.02. The van der Waals surface area contributed by atoms with Gasteiger partial charge in [0.05, 0.1) is 0 Å². The fourth-order valence-electron chi connectivity index (χ4n) is 0.946. The van der Waals surface area contributed by atoms with Crippen molar-refractivity contribution in [2.24, 2.45) is 0 Å². The summed E-state index contributed by atoms with van der Waals surface area (Å²) in [6.07, 6.45) is 2.19. The van der Waals surface area contributed by atoms with Gasteiger partial charge in [0.2, 0.25) is 0 Å². The fraction of sp³-hybridized carbons (Fsp3) is 0.273. The van der Waals surface area contributed by atoms with Crippen molar-refractivity contribution in [1.82, 2.24) is 0 Å². The molecule has 66 valence electrons. The molecule has 0 aliphatic rings. The summed E-state index contributed by atoms with van der Waals surface area (Å²) in [5, 5.41) is 0. The monoisotopic (exact) mass is 248 g/mol. The standard InChI is InChI=1S/C11H13.BrH.Mg/c1-10(2)8-9-11-6-4-3-5-7-11;;/h4-7H,1,8-9H2,2H3;1H;/q-1;;+2/p-1. The van der Waals surface area contributed by atoms with Gasteiger partial charge in [-0.3, -0.25) is 0 Å². The maximum atomic E-state index is 3.86. The average molecular weight is 249 g/mol. The molecule has 0 aliphatic carbocycles. The smallest absolute Gasteiger partial charge is 1.00 e. The van der Waals surface area contributed by atoms with Crippen molar-refractivity contribution in [3.05, 3.63) is 48.0 Å². The Hall–Kier alpha value is 0.206. The van der Waals surface area contributed by atoms with Crippen LogP contribution in [-0.4, -0.2) is 23.1 Å². The van der Waals surface area contributed by atoms with Crippen molar-refractivity contribution < 1.29 is 17.0 Å². The summed E-state index contributed by atoms with van der Waals surface area (Å²) in [6, 6.07) is 11.1. The predicted octanol–water partition coefficient (Wildman–Crippen LogP) is -0.381. The van der Waals surface area contributed by atoms with E-state index in [1.165, 1.54) is 11.1 Å². The molecule has 0 heterocycles. The van der Waals surface area contributed by atoms with Gasteiger partial charge in [-0.2, -0.15) is 35.9 Å². The molecule has 0 aliphatic heterocycles. The molecule has 0 spiro atoms. The minimum absolute atomic E-state index is 0. The number of hydrogen-bond acceptors (Lipinski definition) is 0. The number of benzene rings is 1. The number of rotatable bonds is 3. The molecule has 0 bridgehead atoms. The van der Waals surface area contributed by atoms with Gasteiger partial charge in [0.15, 0.2) is 0 Å². The zero-order chi connectivity index (χ0) is 8.10. The Kier molecular flexibility index (Phi) is 10.6. The van der Waals surface area contributed by atoms with E-state index in [1.807, 2.05) is 12.1 Å². The van der Waals surface area contributed by atoms with Crippen molar-refractivity contribution >= 4 is 23.1 Å². The van der Waals surface area contributed by atoms with Gasteiger partial charge in [-0.25, -0.2) is 0 Å². The summed E-state index contributed by atoms with van der Waals surface area (Å²) in [6.45, 7) is 5.93. The first-order valence-corrected chi connectivity index (χ1v) is 3.88. The normalized spacial score (nSPS) is 8.08. The van der Waals surface area contributed by atoms with Gasteiger partial charge in [0.25, 0.3) is 0 Å². The number of aryl methyl sites for hydroxylation is 1. The molecule has 0 nitrogen and oxygen atoms in total. The van der Waals surface area contributed by atoms with E-state index in [9.17, 15) is 0 Å². The Morgan fingerprint density at radius 2 is 1.92 bits per heavy atom. The summed E-state index contributed by atoms with van der Waals surface area (Å²) in [5.41, 5.74) is 2.62. The van der Waals surface area contributed by atoms with Crippen LogP contribution in [0.5, 0.6) is 0 Å². The molecular weight excluding hydrogens is 236 g/mol. The van der Waals surface area contributed by atoms with Crippen LogP contribution in [0.2, 0.25) is 0 Å². The quantitative estimate of drug-likeness (QED) is 0.389. The molecule has 1 aromatic rings. The van der Waals surface area contributed by atoms with Crippen molar-refractivity contribution in [1.29, 1.82) is 0 Å². The van der Waals surface area contributed by atoms with E-state index in [0.29, 0.717) is 0 Å². The van der Waals surface area contributed by atoms with Crippen LogP contribution in [-0.2, 0) is 6.42 Å². The molecule has 0 aromatic heterocycles. The molecule has 0 N–H and O–H groups in total. The average Bonchev–Trinajstić information content (AvgIpc) is 2.03. The first-order valence-electron chi connectivity index (χ1n) is 3.88. The van der Waals surface area contributed by atoms with Crippen molar-refractivity contribution in [3.63, 3.8) is 0 Å². The molecule has 13 heavy (non-hydrogen) atoms. The molecule has 0 saturated heterocycles. The van der Waals surface area contributed by atoms with Gasteiger partial charge in [-0.05, 0) is 19.8 Å². The minimum Gasteiger partial charge on any atom is -1.00 e. The summed E-state index contributed by atoms with van der Waals surface area (Å²) in [7, 11) is 0. The second-order valence-electron chi connectivity index (χ2n) is 2.87. The molecule has 0 saturated carbocycles. The summed E-state index contributed by atoms with van der Waals surface area (Å²) >= 11 is 0. The van der Waals surface area contributed by atoms with Crippen LogP contribution in [0.15, 0.2) is 36.4 Å². The van der Waals surface area contributed by atoms with E-state index < -0.39 is 0 Å². The van der Waals surface area contributed by atoms with E-state index in [-0.39, 0.29) is 40.0 Å². The third-order valence-corrected chi connectivity index (χ3v) is 1.63.